The van der Waals surface area contributed by atoms with Crippen LogP contribution in [0.5, 0.6) is 0 Å². The summed E-state index contributed by atoms with van der Waals surface area (Å²) in [5, 5.41) is 3.62. The summed E-state index contributed by atoms with van der Waals surface area (Å²) in [5.41, 5.74) is 5.79. The van der Waals surface area contributed by atoms with Gasteiger partial charge in [-0.15, -0.1) is 35.7 Å². The fourth-order valence-electron chi connectivity index (χ4n) is 1.36. The van der Waals surface area contributed by atoms with E-state index in [9.17, 15) is 0 Å². The topological polar surface area (TPSA) is 50.4 Å². The number of nitrogens with two attached hydrogens (primary N) is 1. The van der Waals surface area contributed by atoms with E-state index in [2.05, 4.69) is 55.3 Å². The van der Waals surface area contributed by atoms with Crippen molar-refractivity contribution in [3.63, 3.8) is 0 Å². The van der Waals surface area contributed by atoms with Crippen LogP contribution in [0.25, 0.3) is 0 Å². The van der Waals surface area contributed by atoms with Gasteiger partial charge < -0.3 is 11.1 Å². The molecule has 0 spiro atoms. The lowest BCUT2D eigenvalue weighted by molar-refractivity contribution is 0.661. The van der Waals surface area contributed by atoms with E-state index in [1.54, 1.807) is 0 Å². The predicted molar refractivity (Wildman–Crippen MR) is 96.5 cm³/mol. The Balaban J connectivity index is 0.00000324. The Bertz CT molecular complexity index is 368. The molecule has 5 heteroatoms. The lowest BCUT2D eigenvalue weighted by Crippen LogP contribution is -2.36. The summed E-state index contributed by atoms with van der Waals surface area (Å²) in [4.78, 5) is 5.56. The quantitative estimate of drug-likeness (QED) is 0.337. The van der Waals surface area contributed by atoms with Crippen LogP contribution in [-0.2, 0) is 0 Å². The molecule has 1 unspecified atom stereocenters. The largest absolute Gasteiger partial charge is 0.370 e. The molecule has 1 rings (SSSR count). The lowest BCUT2D eigenvalue weighted by Gasteiger charge is -2.13. The molecule has 1 atom stereocenters. The third-order valence-electron chi connectivity index (χ3n) is 2.28. The first-order valence-electron chi connectivity index (χ1n) is 6.33. The molecule has 3 N–H and O–H groups in total. The molecule has 1 aromatic carbocycles. The van der Waals surface area contributed by atoms with E-state index >= 15 is 0 Å². The van der Waals surface area contributed by atoms with E-state index in [1.807, 2.05) is 17.8 Å². The number of hydrogen-bond acceptors (Lipinski definition) is 2. The highest BCUT2D eigenvalue weighted by atomic mass is 127. The standard InChI is InChI=1S/C14H23N3S.HI/c1-11(2)9-16-14(15)17-10-12(3)18-13-7-5-4-6-8-13;/h4-8,11-12H,9-10H2,1-3H3,(H3,15,16,17);1H. The zero-order chi connectivity index (χ0) is 13.4. The molecule has 0 bridgehead atoms. The first kappa shape index (κ1) is 18.6. The van der Waals surface area contributed by atoms with Crippen molar-refractivity contribution in [1.29, 1.82) is 0 Å². The Hall–Kier alpha value is -0.430. The highest BCUT2D eigenvalue weighted by Crippen LogP contribution is 2.21. The molecule has 19 heavy (non-hydrogen) atoms. The molecule has 3 nitrogen and oxygen atoms in total. The van der Waals surface area contributed by atoms with Crippen LogP contribution in [0.2, 0.25) is 0 Å². The number of nitrogens with one attached hydrogen (secondary N) is 1. The van der Waals surface area contributed by atoms with Crippen molar-refractivity contribution in [2.45, 2.75) is 30.9 Å². The Morgan fingerprint density at radius 1 is 1.26 bits per heavy atom. The molecule has 0 saturated heterocycles. The van der Waals surface area contributed by atoms with Gasteiger partial charge in [0.15, 0.2) is 5.96 Å². The zero-order valence-corrected chi connectivity index (χ0v) is 14.9. The summed E-state index contributed by atoms with van der Waals surface area (Å²) >= 11 is 1.84. The van der Waals surface area contributed by atoms with Crippen LogP contribution in [0.4, 0.5) is 0 Å². The van der Waals surface area contributed by atoms with Gasteiger partial charge in [0.25, 0.3) is 0 Å². The number of benzene rings is 1. The van der Waals surface area contributed by atoms with Crippen molar-refractivity contribution in [2.24, 2.45) is 16.6 Å². The number of hydrogen-bond donors (Lipinski definition) is 2. The van der Waals surface area contributed by atoms with E-state index < -0.39 is 0 Å². The van der Waals surface area contributed by atoms with Gasteiger partial charge in [-0.25, -0.2) is 0 Å². The fraction of sp³-hybridized carbons (Fsp3) is 0.500. The van der Waals surface area contributed by atoms with Gasteiger partial charge in [-0.05, 0) is 18.1 Å². The first-order chi connectivity index (χ1) is 8.58. The van der Waals surface area contributed by atoms with Crippen molar-refractivity contribution < 1.29 is 0 Å². The van der Waals surface area contributed by atoms with Crippen molar-refractivity contribution in [2.75, 3.05) is 13.1 Å². The molecular weight excluding hydrogens is 369 g/mol. The van der Waals surface area contributed by atoms with Crippen molar-refractivity contribution >= 4 is 41.7 Å². The third-order valence-corrected chi connectivity index (χ3v) is 3.39. The van der Waals surface area contributed by atoms with Crippen LogP contribution in [0, 0.1) is 5.92 Å². The van der Waals surface area contributed by atoms with E-state index in [-0.39, 0.29) is 24.0 Å². The molecule has 108 valence electrons. The summed E-state index contributed by atoms with van der Waals surface area (Å²) in [5.74, 6) is 1.09. The Kier molecular flexibility index (Phi) is 10.1. The minimum absolute atomic E-state index is 0. The summed E-state index contributed by atoms with van der Waals surface area (Å²) in [6, 6.07) is 10.4. The van der Waals surface area contributed by atoms with Gasteiger partial charge in [0.1, 0.15) is 0 Å². The predicted octanol–water partition coefficient (Wildman–Crippen LogP) is 3.35. The van der Waals surface area contributed by atoms with Crippen LogP contribution in [0.3, 0.4) is 0 Å². The second kappa shape index (κ2) is 10.4. The molecule has 0 aliphatic rings. The van der Waals surface area contributed by atoms with Gasteiger partial charge in [-0.2, -0.15) is 0 Å². The van der Waals surface area contributed by atoms with Gasteiger partial charge in [-0.3, -0.25) is 4.99 Å². The van der Waals surface area contributed by atoms with Crippen LogP contribution in [0.15, 0.2) is 40.2 Å². The minimum Gasteiger partial charge on any atom is -0.370 e. The van der Waals surface area contributed by atoms with E-state index in [0.29, 0.717) is 17.1 Å². The molecule has 0 aliphatic heterocycles. The number of halogens is 1. The molecule has 0 heterocycles. The second-order valence-electron chi connectivity index (χ2n) is 4.74. The molecular formula is C14H24IN3S. The molecule has 0 aliphatic carbocycles. The molecule has 1 aromatic rings. The van der Waals surface area contributed by atoms with Crippen molar-refractivity contribution in [3.05, 3.63) is 30.3 Å². The average molecular weight is 393 g/mol. The smallest absolute Gasteiger partial charge is 0.188 e. The number of guanidine groups is 1. The Labute approximate surface area is 137 Å². The van der Waals surface area contributed by atoms with Gasteiger partial charge in [-0.1, -0.05) is 39.0 Å². The third kappa shape index (κ3) is 9.15. The zero-order valence-electron chi connectivity index (χ0n) is 11.8. The number of nitrogens with zero attached hydrogens (tertiary/aromatic N) is 1. The van der Waals surface area contributed by atoms with Gasteiger partial charge >= 0.3 is 0 Å². The monoisotopic (exact) mass is 393 g/mol. The normalized spacial score (nSPS) is 12.9. The Morgan fingerprint density at radius 3 is 2.47 bits per heavy atom. The molecule has 0 saturated carbocycles. The van der Waals surface area contributed by atoms with E-state index in [4.69, 9.17) is 5.73 Å². The Morgan fingerprint density at radius 2 is 1.89 bits per heavy atom. The maximum absolute atomic E-state index is 5.79. The molecule has 0 fully saturated rings. The van der Waals surface area contributed by atoms with Crippen LogP contribution in [0.1, 0.15) is 20.8 Å². The van der Waals surface area contributed by atoms with Gasteiger partial charge in [0, 0.05) is 23.2 Å². The molecule has 0 aromatic heterocycles. The lowest BCUT2D eigenvalue weighted by atomic mass is 10.2. The van der Waals surface area contributed by atoms with E-state index in [1.165, 1.54) is 4.90 Å². The SMILES string of the molecule is CC(C)CN=C(N)NCC(C)Sc1ccccc1.I. The highest BCUT2D eigenvalue weighted by molar-refractivity contribution is 14.0. The molecule has 0 radical (unpaired) electrons. The van der Waals surface area contributed by atoms with Crippen LogP contribution in [-0.4, -0.2) is 24.3 Å². The summed E-state index contributed by atoms with van der Waals surface area (Å²) in [6.45, 7) is 8.04. The fourth-order valence-corrected chi connectivity index (χ4v) is 2.30. The number of thioether (sulfide) groups is 1. The second-order valence-corrected chi connectivity index (χ2v) is 6.25. The first-order valence-corrected chi connectivity index (χ1v) is 7.21. The molecule has 0 amide bonds. The summed E-state index contributed by atoms with van der Waals surface area (Å²) < 4.78 is 0. The average Bonchev–Trinajstić information content (AvgIpc) is 2.35. The van der Waals surface area contributed by atoms with Gasteiger partial charge in [0.05, 0.1) is 0 Å². The van der Waals surface area contributed by atoms with Crippen LogP contribution >= 0.6 is 35.7 Å². The van der Waals surface area contributed by atoms with Crippen LogP contribution < -0.4 is 11.1 Å². The van der Waals surface area contributed by atoms with Crippen molar-refractivity contribution in [1.82, 2.24) is 5.32 Å². The number of aliphatic imine (C=N–C) groups is 1. The van der Waals surface area contributed by atoms with Crippen molar-refractivity contribution in [3.8, 4) is 0 Å². The number of rotatable bonds is 6. The van der Waals surface area contributed by atoms with E-state index in [0.717, 1.165) is 13.1 Å². The van der Waals surface area contributed by atoms with Gasteiger partial charge in [0.2, 0.25) is 0 Å². The maximum Gasteiger partial charge on any atom is 0.188 e. The highest BCUT2D eigenvalue weighted by Gasteiger charge is 2.04. The summed E-state index contributed by atoms with van der Waals surface area (Å²) in [7, 11) is 0. The minimum atomic E-state index is 0. The maximum atomic E-state index is 5.79. The summed E-state index contributed by atoms with van der Waals surface area (Å²) in [6.07, 6.45) is 0.